The predicted octanol–water partition coefficient (Wildman–Crippen LogP) is 2.50. The van der Waals surface area contributed by atoms with Crippen molar-refractivity contribution in [3.63, 3.8) is 0 Å². The molecule has 0 unspecified atom stereocenters. The smallest absolute Gasteiger partial charge is 0.168 e. The van der Waals surface area contributed by atoms with E-state index in [0.29, 0.717) is 5.92 Å². The molecule has 0 aromatic rings. The average Bonchev–Trinajstić information content (AvgIpc) is 2.54. The molecule has 13 heavy (non-hydrogen) atoms. The summed E-state index contributed by atoms with van der Waals surface area (Å²) in [7, 11) is 0. The summed E-state index contributed by atoms with van der Waals surface area (Å²) in [6, 6.07) is 0. The van der Waals surface area contributed by atoms with E-state index in [2.05, 4.69) is 19.9 Å². The fourth-order valence-electron chi connectivity index (χ4n) is 2.21. The maximum Gasteiger partial charge on any atom is 0.168 e. The van der Waals surface area contributed by atoms with Crippen LogP contribution in [-0.2, 0) is 9.47 Å². The summed E-state index contributed by atoms with van der Waals surface area (Å²) in [5, 5.41) is 0. The number of hydrogen-bond acceptors (Lipinski definition) is 2. The van der Waals surface area contributed by atoms with Crippen molar-refractivity contribution in [3.05, 3.63) is 11.6 Å². The van der Waals surface area contributed by atoms with Gasteiger partial charge in [-0.15, -0.1) is 0 Å². The van der Waals surface area contributed by atoms with Crippen molar-refractivity contribution in [1.29, 1.82) is 0 Å². The Morgan fingerprint density at radius 1 is 1.38 bits per heavy atom. The second-order valence-corrected chi connectivity index (χ2v) is 4.23. The molecular formula is C11H18O2. The molecule has 1 aliphatic carbocycles. The van der Waals surface area contributed by atoms with Crippen LogP contribution in [0.25, 0.3) is 0 Å². The van der Waals surface area contributed by atoms with Gasteiger partial charge >= 0.3 is 0 Å². The van der Waals surface area contributed by atoms with Gasteiger partial charge in [0.05, 0.1) is 13.2 Å². The lowest BCUT2D eigenvalue weighted by molar-refractivity contribution is -0.182. The second kappa shape index (κ2) is 3.43. The van der Waals surface area contributed by atoms with Crippen LogP contribution in [0.1, 0.15) is 33.1 Å². The van der Waals surface area contributed by atoms with Gasteiger partial charge in [0.1, 0.15) is 0 Å². The highest BCUT2D eigenvalue weighted by molar-refractivity contribution is 5.05. The van der Waals surface area contributed by atoms with Crippen LogP contribution in [0.15, 0.2) is 11.6 Å². The molecule has 1 aliphatic heterocycles. The highest BCUT2D eigenvalue weighted by Crippen LogP contribution is 2.37. The van der Waals surface area contributed by atoms with Gasteiger partial charge in [0.25, 0.3) is 0 Å². The van der Waals surface area contributed by atoms with Crippen molar-refractivity contribution in [2.75, 3.05) is 13.2 Å². The average molecular weight is 182 g/mol. The molecule has 2 heteroatoms. The fourth-order valence-corrected chi connectivity index (χ4v) is 2.21. The van der Waals surface area contributed by atoms with Gasteiger partial charge in [-0.1, -0.05) is 11.6 Å². The lowest BCUT2D eigenvalue weighted by Crippen LogP contribution is -2.36. The molecule has 1 saturated heterocycles. The van der Waals surface area contributed by atoms with E-state index in [1.165, 1.54) is 18.4 Å². The first kappa shape index (κ1) is 9.22. The lowest BCUT2D eigenvalue weighted by atomic mass is 9.85. The van der Waals surface area contributed by atoms with Gasteiger partial charge in [0.15, 0.2) is 5.79 Å². The molecule has 2 rings (SSSR count). The van der Waals surface area contributed by atoms with Crippen molar-refractivity contribution >= 4 is 0 Å². The third-order valence-corrected chi connectivity index (χ3v) is 3.24. The quantitative estimate of drug-likeness (QED) is 0.580. The monoisotopic (exact) mass is 182 g/mol. The zero-order valence-electron chi connectivity index (χ0n) is 8.51. The molecule has 2 nitrogen and oxygen atoms in total. The maximum absolute atomic E-state index is 5.66. The van der Waals surface area contributed by atoms with Crippen LogP contribution in [0.4, 0.5) is 0 Å². The fraction of sp³-hybridized carbons (Fsp3) is 0.818. The van der Waals surface area contributed by atoms with Crippen LogP contribution in [0.5, 0.6) is 0 Å². The summed E-state index contributed by atoms with van der Waals surface area (Å²) < 4.78 is 11.3. The van der Waals surface area contributed by atoms with Gasteiger partial charge in [0.2, 0.25) is 0 Å². The van der Waals surface area contributed by atoms with Gasteiger partial charge in [-0.3, -0.25) is 0 Å². The molecule has 0 N–H and O–H groups in total. The molecule has 1 fully saturated rings. The molecule has 0 aromatic carbocycles. The summed E-state index contributed by atoms with van der Waals surface area (Å²) in [6.07, 6.45) is 5.85. The Bertz CT molecular complexity index is 214. The normalized spacial score (nSPS) is 33.1. The van der Waals surface area contributed by atoms with Crippen LogP contribution >= 0.6 is 0 Å². The van der Waals surface area contributed by atoms with E-state index in [9.17, 15) is 0 Å². The Morgan fingerprint density at radius 3 is 2.62 bits per heavy atom. The van der Waals surface area contributed by atoms with Gasteiger partial charge in [-0.25, -0.2) is 0 Å². The van der Waals surface area contributed by atoms with E-state index >= 15 is 0 Å². The summed E-state index contributed by atoms with van der Waals surface area (Å²) in [5.41, 5.74) is 1.51. The first-order chi connectivity index (χ1) is 6.21. The van der Waals surface area contributed by atoms with E-state index in [-0.39, 0.29) is 5.79 Å². The third-order valence-electron chi connectivity index (χ3n) is 3.24. The highest BCUT2D eigenvalue weighted by Gasteiger charge is 2.39. The van der Waals surface area contributed by atoms with Gasteiger partial charge in [0, 0.05) is 5.92 Å². The zero-order chi connectivity index (χ0) is 9.31. The van der Waals surface area contributed by atoms with Gasteiger partial charge < -0.3 is 9.47 Å². The first-order valence-electron chi connectivity index (χ1n) is 5.14. The number of ether oxygens (including phenoxy) is 2. The summed E-state index contributed by atoms with van der Waals surface area (Å²) in [4.78, 5) is 0. The van der Waals surface area contributed by atoms with E-state index in [4.69, 9.17) is 9.47 Å². The van der Waals surface area contributed by atoms with Crippen molar-refractivity contribution in [2.24, 2.45) is 5.92 Å². The van der Waals surface area contributed by atoms with Crippen LogP contribution in [0.3, 0.4) is 0 Å². The van der Waals surface area contributed by atoms with Crippen molar-refractivity contribution in [3.8, 4) is 0 Å². The summed E-state index contributed by atoms with van der Waals surface area (Å²) in [5.74, 6) is 0.260. The molecule has 1 atom stereocenters. The SMILES string of the molecule is CC1=CC[C@H](C2(C)OCCO2)CC1. The van der Waals surface area contributed by atoms with Crippen LogP contribution in [0, 0.1) is 5.92 Å². The van der Waals surface area contributed by atoms with E-state index in [1.54, 1.807) is 0 Å². The summed E-state index contributed by atoms with van der Waals surface area (Å²) >= 11 is 0. The van der Waals surface area contributed by atoms with Gasteiger partial charge in [-0.2, -0.15) is 0 Å². The molecule has 0 bridgehead atoms. The Morgan fingerprint density at radius 2 is 2.08 bits per heavy atom. The van der Waals surface area contributed by atoms with E-state index in [0.717, 1.165) is 19.6 Å². The molecule has 1 heterocycles. The molecule has 0 saturated carbocycles. The topological polar surface area (TPSA) is 18.5 Å². The second-order valence-electron chi connectivity index (χ2n) is 4.23. The first-order valence-corrected chi connectivity index (χ1v) is 5.14. The van der Waals surface area contributed by atoms with Crippen molar-refractivity contribution in [1.82, 2.24) is 0 Å². The standard InChI is InChI=1S/C11H18O2/c1-9-3-5-10(6-4-9)11(2)12-7-8-13-11/h3,10H,4-8H2,1-2H3/t10-/m0/s1. The number of allylic oxidation sites excluding steroid dienone is 2. The predicted molar refractivity (Wildman–Crippen MR) is 51.4 cm³/mol. The number of hydrogen-bond donors (Lipinski definition) is 0. The van der Waals surface area contributed by atoms with Crippen LogP contribution in [-0.4, -0.2) is 19.0 Å². The van der Waals surface area contributed by atoms with Crippen LogP contribution in [0.2, 0.25) is 0 Å². The minimum atomic E-state index is -0.294. The van der Waals surface area contributed by atoms with Crippen molar-refractivity contribution < 1.29 is 9.47 Å². The Balaban J connectivity index is 2.01. The number of rotatable bonds is 1. The van der Waals surface area contributed by atoms with Gasteiger partial charge in [-0.05, 0) is 33.1 Å². The largest absolute Gasteiger partial charge is 0.348 e. The van der Waals surface area contributed by atoms with E-state index < -0.39 is 0 Å². The minimum Gasteiger partial charge on any atom is -0.348 e. The molecule has 0 aromatic heterocycles. The highest BCUT2D eigenvalue weighted by atomic mass is 16.7. The molecule has 0 spiro atoms. The van der Waals surface area contributed by atoms with Crippen molar-refractivity contribution in [2.45, 2.75) is 38.9 Å². The Hall–Kier alpha value is -0.340. The van der Waals surface area contributed by atoms with E-state index in [1.807, 2.05) is 0 Å². The molecule has 74 valence electrons. The Kier molecular flexibility index (Phi) is 2.43. The lowest BCUT2D eigenvalue weighted by Gasteiger charge is -2.33. The third kappa shape index (κ3) is 1.79. The molecular weight excluding hydrogens is 164 g/mol. The minimum absolute atomic E-state index is 0.294. The Labute approximate surface area is 79.9 Å². The molecule has 2 aliphatic rings. The molecule has 0 amide bonds. The van der Waals surface area contributed by atoms with Crippen LogP contribution < -0.4 is 0 Å². The molecule has 0 radical (unpaired) electrons. The summed E-state index contributed by atoms with van der Waals surface area (Å²) in [6.45, 7) is 5.81. The zero-order valence-corrected chi connectivity index (χ0v) is 8.51. The maximum atomic E-state index is 5.66.